The lowest BCUT2D eigenvalue weighted by Crippen LogP contribution is -2.11. The van der Waals surface area contributed by atoms with E-state index in [1.807, 2.05) is 36.4 Å². The maximum absolute atomic E-state index is 3.49. The Kier molecular flexibility index (Phi) is 34.7. The van der Waals surface area contributed by atoms with Crippen molar-refractivity contribution < 1.29 is 0 Å². The lowest BCUT2D eigenvalue weighted by molar-refractivity contribution is 0.590. The van der Waals surface area contributed by atoms with Crippen LogP contribution in [0.15, 0.2) is 595 Å². The molecule has 2 N–H and O–H groups in total. The molecule has 0 saturated carbocycles. The van der Waals surface area contributed by atoms with Gasteiger partial charge in [-0.1, -0.05) is 575 Å². The normalized spacial score (nSPS) is 10.8. The average molecular weight is 1880 g/mol. The Morgan fingerprint density at radius 3 is 0.658 bits per heavy atom. The third kappa shape index (κ3) is 29.3. The summed E-state index contributed by atoms with van der Waals surface area (Å²) in [5, 5.41) is 6.92. The Labute approximate surface area is 866 Å². The Bertz CT molecular complexity index is 7540. The Hall–Kier alpha value is -17.6. The van der Waals surface area contributed by atoms with E-state index in [-0.39, 0.29) is 10.8 Å². The van der Waals surface area contributed by atoms with Gasteiger partial charge in [0.25, 0.3) is 0 Å². The molecule has 0 fully saturated rings. The van der Waals surface area contributed by atoms with E-state index in [4.69, 9.17) is 0 Å². The van der Waals surface area contributed by atoms with Crippen LogP contribution in [-0.2, 0) is 36.5 Å². The molecule has 0 aliphatic carbocycles. The molecular formula is C144H126N2. The molecule has 22 aromatic rings. The third-order valence-electron chi connectivity index (χ3n) is 26.1. The molecule has 0 bridgehead atoms. The maximum atomic E-state index is 3.49. The van der Waals surface area contributed by atoms with Gasteiger partial charge >= 0.3 is 0 Å². The molecule has 0 aliphatic heterocycles. The third-order valence-corrected chi connectivity index (χ3v) is 26.1. The second-order valence-corrected chi connectivity index (χ2v) is 39.0. The Balaban J connectivity index is 0.000000120. The predicted octanol–water partition coefficient (Wildman–Crippen LogP) is 39.2. The minimum absolute atomic E-state index is 0.229. The lowest BCUT2D eigenvalue weighted by Gasteiger charge is -2.20. The first-order valence-electron chi connectivity index (χ1n) is 50.8. The summed E-state index contributed by atoms with van der Waals surface area (Å²) in [6.45, 7) is 13.5. The van der Waals surface area contributed by atoms with Crippen LogP contribution >= 0.6 is 0 Å². The van der Waals surface area contributed by atoms with Gasteiger partial charge in [-0.05, 0) is 264 Å². The highest BCUT2D eigenvalue weighted by Crippen LogP contribution is 2.39. The van der Waals surface area contributed by atoms with Crippen LogP contribution in [0.25, 0.3) is 111 Å². The van der Waals surface area contributed by atoms with E-state index >= 15 is 0 Å². The lowest BCUT2D eigenvalue weighted by atomic mass is 9.85. The summed E-state index contributed by atoms with van der Waals surface area (Å²) in [4.78, 5) is 0. The van der Waals surface area contributed by atoms with Crippen molar-refractivity contribution in [3.63, 3.8) is 0 Å². The Morgan fingerprint density at radius 1 is 0.123 bits per heavy atom. The highest BCUT2D eigenvalue weighted by Gasteiger charge is 2.18. The summed E-state index contributed by atoms with van der Waals surface area (Å²) in [5.74, 6) is 0. The molecule has 0 amide bonds. The number of hydrogen-bond acceptors (Lipinski definition) is 2. The van der Waals surface area contributed by atoms with Gasteiger partial charge < -0.3 is 10.6 Å². The zero-order chi connectivity index (χ0) is 100. The molecule has 0 saturated heterocycles. The van der Waals surface area contributed by atoms with Crippen molar-refractivity contribution in [1.29, 1.82) is 0 Å². The average Bonchev–Trinajstić information content (AvgIpc) is 0.794. The minimum Gasteiger partial charge on any atom is -0.356 e. The van der Waals surface area contributed by atoms with Crippen molar-refractivity contribution in [1.82, 2.24) is 0 Å². The second kappa shape index (κ2) is 50.7. The first-order valence-corrected chi connectivity index (χ1v) is 50.8. The van der Waals surface area contributed by atoms with Gasteiger partial charge in [-0.2, -0.15) is 0 Å². The van der Waals surface area contributed by atoms with Crippen molar-refractivity contribution in [3.05, 3.63) is 650 Å². The van der Waals surface area contributed by atoms with Gasteiger partial charge in [0.2, 0.25) is 0 Å². The smallest absolute Gasteiger partial charge is 0.0390 e. The van der Waals surface area contributed by atoms with Crippen molar-refractivity contribution in [2.75, 3.05) is 10.6 Å². The van der Waals surface area contributed by atoms with Crippen molar-refractivity contribution in [2.24, 2.45) is 0 Å². The van der Waals surface area contributed by atoms with E-state index in [1.165, 1.54) is 167 Å². The van der Waals surface area contributed by atoms with Crippen molar-refractivity contribution >= 4 is 22.7 Å². The zero-order valence-corrected chi connectivity index (χ0v) is 84.4. The summed E-state index contributed by atoms with van der Waals surface area (Å²) in [7, 11) is 0. The molecule has 0 aliphatic rings. The molecule has 0 unspecified atom stereocenters. The molecule has 2 nitrogen and oxygen atoms in total. The highest BCUT2D eigenvalue weighted by atomic mass is 14.9. The number of para-hydroxylation sites is 2. The van der Waals surface area contributed by atoms with Gasteiger partial charge in [0.1, 0.15) is 0 Å². The van der Waals surface area contributed by atoms with Gasteiger partial charge in [-0.15, -0.1) is 0 Å². The monoisotopic (exact) mass is 1880 g/mol. The molecule has 712 valence electrons. The predicted molar refractivity (Wildman–Crippen MR) is 627 cm³/mol. The van der Waals surface area contributed by atoms with Gasteiger partial charge in [-0.3, -0.25) is 0 Å². The van der Waals surface area contributed by atoms with E-state index < -0.39 is 0 Å². The standard InChI is InChI=1S/3C25H20.2C24H19N.C21H28/c1-4-10-20(11-5-1)16-21-17-24(22-12-6-2-7-13-22)19-25(18-21)23-14-8-3-9-15-23;1-3-8-20(9-4-1)18-21-14-16-23(17-15-21)25-13-7-12-24(19-25)22-10-5-2-6-11-22;1-3-7-20(8-4-1)19-21-11-13-23(14-12-21)25-17-15-24(16-18-25)22-9-5-2-6-10-22;1-4-10-19(11-5-1)23-17-16-22(25-21-14-8-3-9-15-21)18-24(23)20-12-6-2-7-13-20;1-3-9-19(10-4-1)23-13-7-8-14-24(23)20-15-17-22(18-16-20)25-21-11-5-2-6-12-21;1-20(2,3)18-11-7-16(8-12-18)15-17-9-13-19(14-10-17)21(4,5)6/h1-15,17-19H,16H2;1-17,19H,18H2;1-18H,19H2;2*1-18,25H;7-14H,15H2,1-6H3. The van der Waals surface area contributed by atoms with Gasteiger partial charge in [0.05, 0.1) is 0 Å². The zero-order valence-electron chi connectivity index (χ0n) is 84.4. The first-order chi connectivity index (χ1) is 71.6. The van der Waals surface area contributed by atoms with Crippen LogP contribution in [0.5, 0.6) is 0 Å². The quantitative estimate of drug-likeness (QED) is 0.0707. The van der Waals surface area contributed by atoms with Crippen molar-refractivity contribution in [3.8, 4) is 111 Å². The Morgan fingerprint density at radius 2 is 0.322 bits per heavy atom. The highest BCUT2D eigenvalue weighted by molar-refractivity contribution is 5.88. The molecule has 146 heavy (non-hydrogen) atoms. The van der Waals surface area contributed by atoms with E-state index in [2.05, 4.69) is 610 Å². The topological polar surface area (TPSA) is 24.1 Å². The summed E-state index contributed by atoms with van der Waals surface area (Å²) in [6.07, 6.45) is 3.91. The largest absolute Gasteiger partial charge is 0.356 e. The molecule has 0 spiro atoms. The van der Waals surface area contributed by atoms with E-state index in [0.717, 1.165) is 48.4 Å². The molecule has 22 aromatic carbocycles. The van der Waals surface area contributed by atoms with Crippen LogP contribution in [0.4, 0.5) is 22.7 Å². The summed E-state index contributed by atoms with van der Waals surface area (Å²) in [5.41, 5.74) is 43.4. The molecule has 2 heteroatoms. The summed E-state index contributed by atoms with van der Waals surface area (Å²) >= 11 is 0. The van der Waals surface area contributed by atoms with Crippen LogP contribution in [0.3, 0.4) is 0 Å². The van der Waals surface area contributed by atoms with Crippen molar-refractivity contribution in [2.45, 2.75) is 78.1 Å². The maximum Gasteiger partial charge on any atom is 0.0390 e. The summed E-state index contributed by atoms with van der Waals surface area (Å²) < 4.78 is 0. The van der Waals surface area contributed by atoms with Gasteiger partial charge in [-0.25, -0.2) is 0 Å². The fourth-order valence-electron chi connectivity index (χ4n) is 18.1. The van der Waals surface area contributed by atoms with E-state index in [1.54, 1.807) is 0 Å². The van der Waals surface area contributed by atoms with Crippen LogP contribution in [-0.4, -0.2) is 0 Å². The molecule has 0 radical (unpaired) electrons. The number of hydrogen-bond donors (Lipinski definition) is 2. The van der Waals surface area contributed by atoms with Crippen LogP contribution in [0.2, 0.25) is 0 Å². The molecule has 0 aromatic heterocycles. The van der Waals surface area contributed by atoms with Gasteiger partial charge in [0.15, 0.2) is 0 Å². The minimum atomic E-state index is 0.229. The number of anilines is 4. The first kappa shape index (κ1) is 100.0. The molecule has 22 rings (SSSR count). The number of benzene rings is 22. The number of nitrogens with one attached hydrogen (secondary N) is 2. The fraction of sp³-hybridized carbons (Fsp3) is 0.0833. The van der Waals surface area contributed by atoms with E-state index in [0.29, 0.717) is 0 Å². The van der Waals surface area contributed by atoms with Crippen LogP contribution in [0, 0.1) is 0 Å². The SMILES string of the molecule is CC(C)(C)c1ccc(Cc2ccc(C(C)(C)C)cc2)cc1.c1ccc(Cc2cc(-c3ccccc3)cc(-c3ccccc3)c2)cc1.c1ccc(Cc2ccc(-c3ccc(-c4ccccc4)cc3)cc2)cc1.c1ccc(Cc2ccc(-c3cccc(-c4ccccc4)c3)cc2)cc1.c1ccc(Nc2ccc(-c3ccccc3)c(-c3ccccc3)c2)cc1.c1ccc(Nc2ccc(-c3ccccc3-c3ccccc3)cc2)cc1. The van der Waals surface area contributed by atoms with E-state index in [9.17, 15) is 0 Å². The number of rotatable bonds is 22. The second-order valence-electron chi connectivity index (χ2n) is 39.0. The van der Waals surface area contributed by atoms with Gasteiger partial charge in [0, 0.05) is 22.7 Å². The molecular weight excluding hydrogens is 1760 g/mol. The summed E-state index contributed by atoms with van der Waals surface area (Å²) in [6, 6.07) is 210. The molecule has 0 heterocycles. The fourth-order valence-corrected chi connectivity index (χ4v) is 18.1. The van der Waals surface area contributed by atoms with Crippen LogP contribution < -0.4 is 10.6 Å². The van der Waals surface area contributed by atoms with Crippen LogP contribution in [0.1, 0.15) is 97.2 Å². The molecule has 0 atom stereocenters.